The lowest BCUT2D eigenvalue weighted by atomic mass is 10.1. The van der Waals surface area contributed by atoms with Gasteiger partial charge >= 0.3 is 18.2 Å². The molecule has 0 radical (unpaired) electrons. The van der Waals surface area contributed by atoms with E-state index in [0.29, 0.717) is 12.1 Å². The Labute approximate surface area is 164 Å². The maximum atomic E-state index is 12.3. The van der Waals surface area contributed by atoms with Crippen molar-refractivity contribution in [3.8, 4) is 0 Å². The molecule has 1 atom stereocenters. The number of rotatable bonds is 6. The number of para-hydroxylation sites is 1. The van der Waals surface area contributed by atoms with E-state index in [1.165, 1.54) is 10.2 Å². The average Bonchev–Trinajstić information content (AvgIpc) is 3.05. The molecular formula is C18H20F3N3O5. The van der Waals surface area contributed by atoms with Gasteiger partial charge in [-0.2, -0.15) is 13.2 Å². The summed E-state index contributed by atoms with van der Waals surface area (Å²) >= 11 is 0. The van der Waals surface area contributed by atoms with Crippen LogP contribution in [0.3, 0.4) is 0 Å². The van der Waals surface area contributed by atoms with Crippen LogP contribution in [-0.4, -0.2) is 49.7 Å². The predicted molar refractivity (Wildman–Crippen MR) is 94.8 cm³/mol. The van der Waals surface area contributed by atoms with Crippen molar-refractivity contribution in [2.24, 2.45) is 5.92 Å². The van der Waals surface area contributed by atoms with E-state index in [4.69, 9.17) is 4.74 Å². The molecule has 2 N–H and O–H groups in total. The average molecular weight is 415 g/mol. The van der Waals surface area contributed by atoms with Crippen molar-refractivity contribution < 1.29 is 37.1 Å². The van der Waals surface area contributed by atoms with Gasteiger partial charge in [-0.25, -0.2) is 4.79 Å². The van der Waals surface area contributed by atoms with Gasteiger partial charge in [0, 0.05) is 18.7 Å². The first kappa shape index (κ1) is 22.2. The van der Waals surface area contributed by atoms with E-state index in [2.05, 4.69) is 0 Å². The zero-order valence-corrected chi connectivity index (χ0v) is 15.5. The monoisotopic (exact) mass is 415 g/mol. The van der Waals surface area contributed by atoms with E-state index >= 15 is 0 Å². The molecule has 0 bridgehead atoms. The second-order valence-corrected chi connectivity index (χ2v) is 6.34. The molecule has 1 saturated heterocycles. The fourth-order valence-electron chi connectivity index (χ4n) is 2.81. The molecule has 29 heavy (non-hydrogen) atoms. The fourth-order valence-corrected chi connectivity index (χ4v) is 2.81. The summed E-state index contributed by atoms with van der Waals surface area (Å²) in [7, 11) is 0. The molecule has 0 aliphatic carbocycles. The summed E-state index contributed by atoms with van der Waals surface area (Å²) in [6.07, 6.45) is -4.01. The Hall–Kier alpha value is -3.11. The number of alkyl halides is 3. The SMILES string of the molecule is CCc1ccccc1N1C[C@H](C(=O)OCC(=O)NC(=O)NCC(F)(F)F)CC1=O. The highest BCUT2D eigenvalue weighted by Crippen LogP contribution is 2.29. The van der Waals surface area contributed by atoms with Crippen LogP contribution in [0.1, 0.15) is 18.9 Å². The molecule has 0 aromatic heterocycles. The van der Waals surface area contributed by atoms with Crippen molar-refractivity contribution in [2.75, 3.05) is 24.6 Å². The molecule has 2 rings (SSSR count). The molecule has 1 aromatic rings. The third-order valence-corrected chi connectivity index (χ3v) is 4.17. The normalized spacial score (nSPS) is 16.5. The van der Waals surface area contributed by atoms with Crippen LogP contribution < -0.4 is 15.5 Å². The molecule has 158 valence electrons. The number of benzene rings is 1. The van der Waals surface area contributed by atoms with Gasteiger partial charge in [-0.1, -0.05) is 25.1 Å². The van der Waals surface area contributed by atoms with Crippen LogP contribution in [0, 0.1) is 5.92 Å². The number of carbonyl (C=O) groups excluding carboxylic acids is 4. The zero-order valence-electron chi connectivity index (χ0n) is 15.5. The number of ether oxygens (including phenoxy) is 1. The molecule has 4 amide bonds. The Morgan fingerprint density at radius 2 is 1.93 bits per heavy atom. The van der Waals surface area contributed by atoms with Gasteiger partial charge in [-0.05, 0) is 18.1 Å². The molecule has 1 aliphatic rings. The van der Waals surface area contributed by atoms with Gasteiger partial charge in [-0.15, -0.1) is 0 Å². The van der Waals surface area contributed by atoms with Gasteiger partial charge in [0.25, 0.3) is 5.91 Å². The number of hydrogen-bond donors (Lipinski definition) is 2. The third kappa shape index (κ3) is 6.47. The second kappa shape index (κ2) is 9.39. The van der Waals surface area contributed by atoms with Crippen molar-refractivity contribution in [1.29, 1.82) is 0 Å². The number of halogens is 3. The first-order valence-electron chi connectivity index (χ1n) is 8.80. The van der Waals surface area contributed by atoms with E-state index in [1.54, 1.807) is 17.4 Å². The molecule has 11 heteroatoms. The molecular weight excluding hydrogens is 395 g/mol. The number of anilines is 1. The van der Waals surface area contributed by atoms with Crippen LogP contribution in [0.5, 0.6) is 0 Å². The van der Waals surface area contributed by atoms with Crippen molar-refractivity contribution in [1.82, 2.24) is 10.6 Å². The Morgan fingerprint density at radius 1 is 1.24 bits per heavy atom. The molecule has 8 nitrogen and oxygen atoms in total. The van der Waals surface area contributed by atoms with Crippen LogP contribution in [0.2, 0.25) is 0 Å². The van der Waals surface area contributed by atoms with Crippen LogP contribution in [0.4, 0.5) is 23.7 Å². The molecule has 1 heterocycles. The lowest BCUT2D eigenvalue weighted by Crippen LogP contribution is -2.44. The van der Waals surface area contributed by atoms with Gasteiger partial charge < -0.3 is 15.0 Å². The van der Waals surface area contributed by atoms with E-state index < -0.39 is 43.2 Å². The van der Waals surface area contributed by atoms with Crippen molar-refractivity contribution in [2.45, 2.75) is 25.9 Å². The number of esters is 1. The minimum Gasteiger partial charge on any atom is -0.455 e. The Morgan fingerprint density at radius 3 is 2.59 bits per heavy atom. The summed E-state index contributed by atoms with van der Waals surface area (Å²) in [5.41, 5.74) is 1.65. The first-order valence-corrected chi connectivity index (χ1v) is 8.80. The van der Waals surface area contributed by atoms with E-state index in [0.717, 1.165) is 5.56 Å². The van der Waals surface area contributed by atoms with E-state index in [1.807, 2.05) is 19.1 Å². The summed E-state index contributed by atoms with van der Waals surface area (Å²) < 4.78 is 40.7. The number of imide groups is 1. The quantitative estimate of drug-likeness (QED) is 0.686. The number of carbonyl (C=O) groups is 4. The van der Waals surface area contributed by atoms with Crippen LogP contribution in [0.25, 0.3) is 0 Å². The summed E-state index contributed by atoms with van der Waals surface area (Å²) in [5, 5.41) is 3.06. The van der Waals surface area contributed by atoms with Gasteiger partial charge in [0.15, 0.2) is 6.61 Å². The maximum absolute atomic E-state index is 12.3. The molecule has 0 unspecified atom stereocenters. The highest BCUT2D eigenvalue weighted by molar-refractivity contribution is 6.00. The lowest BCUT2D eigenvalue weighted by Gasteiger charge is -2.19. The number of nitrogens with zero attached hydrogens (tertiary/aromatic N) is 1. The van der Waals surface area contributed by atoms with Crippen molar-refractivity contribution in [3.05, 3.63) is 29.8 Å². The Bertz CT molecular complexity index is 797. The van der Waals surface area contributed by atoms with Gasteiger partial charge in [0.2, 0.25) is 5.91 Å². The summed E-state index contributed by atoms with van der Waals surface area (Å²) in [4.78, 5) is 48.6. The second-order valence-electron chi connectivity index (χ2n) is 6.34. The Kier molecular flexibility index (Phi) is 7.18. The zero-order chi connectivity index (χ0) is 21.6. The predicted octanol–water partition coefficient (Wildman–Crippen LogP) is 1.53. The smallest absolute Gasteiger partial charge is 0.405 e. The summed E-state index contributed by atoms with van der Waals surface area (Å²) in [5.74, 6) is -2.95. The minimum atomic E-state index is -4.62. The van der Waals surface area contributed by atoms with Crippen molar-refractivity contribution in [3.63, 3.8) is 0 Å². The maximum Gasteiger partial charge on any atom is 0.405 e. The molecule has 1 aromatic carbocycles. The highest BCUT2D eigenvalue weighted by atomic mass is 19.4. The molecule has 0 spiro atoms. The fraction of sp³-hybridized carbons (Fsp3) is 0.444. The van der Waals surface area contributed by atoms with Gasteiger partial charge in [0.05, 0.1) is 5.92 Å². The van der Waals surface area contributed by atoms with Crippen LogP contribution in [0.15, 0.2) is 24.3 Å². The molecule has 0 saturated carbocycles. The van der Waals surface area contributed by atoms with Gasteiger partial charge in [0.1, 0.15) is 6.54 Å². The summed E-state index contributed by atoms with van der Waals surface area (Å²) in [6.45, 7) is -0.434. The van der Waals surface area contributed by atoms with Crippen molar-refractivity contribution >= 4 is 29.5 Å². The Balaban J connectivity index is 1.83. The first-order chi connectivity index (χ1) is 13.6. The number of aryl methyl sites for hydroxylation is 1. The third-order valence-electron chi connectivity index (χ3n) is 4.17. The number of amides is 4. The van der Waals surface area contributed by atoms with E-state index in [-0.39, 0.29) is 18.9 Å². The lowest BCUT2D eigenvalue weighted by molar-refractivity contribution is -0.152. The number of nitrogens with one attached hydrogen (secondary N) is 2. The van der Waals surface area contributed by atoms with E-state index in [9.17, 15) is 32.3 Å². The molecule has 1 fully saturated rings. The summed E-state index contributed by atoms with van der Waals surface area (Å²) in [6, 6.07) is 5.92. The molecule has 1 aliphatic heterocycles. The highest BCUT2D eigenvalue weighted by Gasteiger charge is 2.37. The number of urea groups is 1. The van der Waals surface area contributed by atoms with Gasteiger partial charge in [-0.3, -0.25) is 19.7 Å². The topological polar surface area (TPSA) is 105 Å². The number of hydrogen-bond acceptors (Lipinski definition) is 5. The van der Waals surface area contributed by atoms with Crippen LogP contribution >= 0.6 is 0 Å². The minimum absolute atomic E-state index is 0.0857. The van der Waals surface area contributed by atoms with Crippen LogP contribution in [-0.2, 0) is 25.5 Å². The standard InChI is InChI=1S/C18H20F3N3O5/c1-2-11-5-3-4-6-13(11)24-8-12(7-15(24)26)16(27)29-9-14(25)23-17(28)22-10-18(19,20)21/h3-6,12H,2,7-10H2,1H3,(H2,22,23,25,28)/t12-/m1/s1. The largest absolute Gasteiger partial charge is 0.455 e.